The number of aryl methyl sites for hydroxylation is 1. The predicted molar refractivity (Wildman–Crippen MR) is 137 cm³/mol. The van der Waals surface area contributed by atoms with Crippen LogP contribution in [0, 0.1) is 12.7 Å². The number of nitrogens with one attached hydrogen (secondary N) is 2. The zero-order valence-electron chi connectivity index (χ0n) is 19.3. The Morgan fingerprint density at radius 1 is 0.914 bits per heavy atom. The van der Waals surface area contributed by atoms with Crippen LogP contribution in [-0.2, 0) is 0 Å². The highest BCUT2D eigenvalue weighted by atomic mass is 35.5. The SMILES string of the molecule is COc1cc(OC)c(NC(=O)N(S)c2cc(OC)c(NC(=O)c3ccccc3F)cc2C)cc1Cl. The molecule has 0 radical (unpaired) electrons. The summed E-state index contributed by atoms with van der Waals surface area (Å²) < 4.78 is 30.9. The summed E-state index contributed by atoms with van der Waals surface area (Å²) in [5.41, 5.74) is 1.46. The van der Waals surface area contributed by atoms with Gasteiger partial charge in [-0.1, -0.05) is 36.5 Å². The number of nitrogens with zero attached hydrogens (tertiary/aromatic N) is 1. The van der Waals surface area contributed by atoms with Crippen molar-refractivity contribution in [3.8, 4) is 17.2 Å². The van der Waals surface area contributed by atoms with Gasteiger partial charge in [0.05, 0.1) is 49.0 Å². The molecule has 0 atom stereocenters. The zero-order chi connectivity index (χ0) is 25.7. The van der Waals surface area contributed by atoms with Gasteiger partial charge in [-0.05, 0) is 36.8 Å². The first-order valence-corrected chi connectivity index (χ1v) is 10.9. The number of rotatable bonds is 7. The van der Waals surface area contributed by atoms with E-state index in [1.54, 1.807) is 25.1 Å². The van der Waals surface area contributed by atoms with E-state index in [0.717, 1.165) is 4.31 Å². The number of hydrogen-bond acceptors (Lipinski definition) is 6. The first kappa shape index (κ1) is 26.0. The van der Waals surface area contributed by atoms with Crippen molar-refractivity contribution < 1.29 is 28.2 Å². The number of urea groups is 1. The minimum atomic E-state index is -0.649. The monoisotopic (exact) mass is 519 g/mol. The summed E-state index contributed by atoms with van der Waals surface area (Å²) in [5, 5.41) is 5.60. The molecule has 11 heteroatoms. The normalized spacial score (nSPS) is 10.4. The maximum Gasteiger partial charge on any atom is 0.336 e. The number of benzene rings is 3. The highest BCUT2D eigenvalue weighted by Crippen LogP contribution is 2.38. The average Bonchev–Trinajstić information content (AvgIpc) is 2.84. The molecule has 8 nitrogen and oxygen atoms in total. The van der Waals surface area contributed by atoms with Crippen molar-refractivity contribution in [3.05, 3.63) is 70.5 Å². The molecule has 0 bridgehead atoms. The van der Waals surface area contributed by atoms with E-state index < -0.39 is 17.8 Å². The van der Waals surface area contributed by atoms with Crippen molar-refractivity contribution in [1.29, 1.82) is 0 Å². The lowest BCUT2D eigenvalue weighted by atomic mass is 10.1. The molecule has 0 fully saturated rings. The Bertz CT molecular complexity index is 1270. The molecule has 3 amide bonds. The van der Waals surface area contributed by atoms with Gasteiger partial charge in [0.2, 0.25) is 0 Å². The Kier molecular flexibility index (Phi) is 8.31. The van der Waals surface area contributed by atoms with Gasteiger partial charge in [-0.15, -0.1) is 0 Å². The van der Waals surface area contributed by atoms with Crippen molar-refractivity contribution in [2.24, 2.45) is 0 Å². The summed E-state index contributed by atoms with van der Waals surface area (Å²) in [7, 11) is 4.31. The molecular weight excluding hydrogens is 497 g/mol. The minimum absolute atomic E-state index is 0.112. The number of carbonyl (C=O) groups is 2. The molecule has 0 aliphatic rings. The van der Waals surface area contributed by atoms with Crippen molar-refractivity contribution in [2.45, 2.75) is 6.92 Å². The van der Waals surface area contributed by atoms with Crippen LogP contribution in [0.2, 0.25) is 5.02 Å². The van der Waals surface area contributed by atoms with Crippen molar-refractivity contribution >= 4 is 53.4 Å². The van der Waals surface area contributed by atoms with Crippen LogP contribution in [0.5, 0.6) is 17.2 Å². The summed E-state index contributed by atoms with van der Waals surface area (Å²) in [6, 6.07) is 11.2. The van der Waals surface area contributed by atoms with Gasteiger partial charge in [0.1, 0.15) is 23.1 Å². The second kappa shape index (κ2) is 11.2. The molecule has 184 valence electrons. The van der Waals surface area contributed by atoms with E-state index in [0.29, 0.717) is 34.1 Å². The Morgan fingerprint density at radius 3 is 2.14 bits per heavy atom. The number of thiol groups is 1. The van der Waals surface area contributed by atoms with Gasteiger partial charge in [-0.25, -0.2) is 13.5 Å². The fourth-order valence-electron chi connectivity index (χ4n) is 3.24. The molecule has 3 rings (SSSR count). The maximum absolute atomic E-state index is 14.0. The summed E-state index contributed by atoms with van der Waals surface area (Å²) >= 11 is 10.5. The van der Waals surface area contributed by atoms with Crippen LogP contribution in [0.3, 0.4) is 0 Å². The minimum Gasteiger partial charge on any atom is -0.495 e. The van der Waals surface area contributed by atoms with Crippen LogP contribution in [0.1, 0.15) is 15.9 Å². The van der Waals surface area contributed by atoms with Gasteiger partial charge in [0.15, 0.2) is 0 Å². The largest absolute Gasteiger partial charge is 0.495 e. The van der Waals surface area contributed by atoms with E-state index in [4.69, 9.17) is 25.8 Å². The Morgan fingerprint density at radius 2 is 1.51 bits per heavy atom. The molecule has 0 saturated carbocycles. The fourth-order valence-corrected chi connectivity index (χ4v) is 3.75. The molecule has 3 aromatic rings. The molecule has 0 unspecified atom stereocenters. The molecule has 3 aromatic carbocycles. The molecule has 0 heterocycles. The molecule has 0 spiro atoms. The van der Waals surface area contributed by atoms with Crippen LogP contribution in [0.25, 0.3) is 0 Å². The lowest BCUT2D eigenvalue weighted by Crippen LogP contribution is -2.27. The van der Waals surface area contributed by atoms with Gasteiger partial charge in [-0.2, -0.15) is 0 Å². The first-order valence-electron chi connectivity index (χ1n) is 10.2. The lowest BCUT2D eigenvalue weighted by Gasteiger charge is -2.22. The van der Waals surface area contributed by atoms with Crippen molar-refractivity contribution in [2.75, 3.05) is 36.3 Å². The number of amides is 3. The third kappa shape index (κ3) is 5.72. The van der Waals surface area contributed by atoms with E-state index >= 15 is 0 Å². The summed E-state index contributed by atoms with van der Waals surface area (Å²) in [6.45, 7) is 1.72. The summed E-state index contributed by atoms with van der Waals surface area (Å²) in [5.74, 6) is -0.325. The van der Waals surface area contributed by atoms with E-state index in [9.17, 15) is 14.0 Å². The predicted octanol–water partition coefficient (Wildman–Crippen LogP) is 5.95. The smallest absolute Gasteiger partial charge is 0.336 e. The molecule has 0 saturated heterocycles. The molecule has 0 aliphatic heterocycles. The van der Waals surface area contributed by atoms with Gasteiger partial charge >= 0.3 is 6.03 Å². The third-order valence-electron chi connectivity index (χ3n) is 5.02. The van der Waals surface area contributed by atoms with E-state index in [2.05, 4.69) is 23.4 Å². The summed E-state index contributed by atoms with van der Waals surface area (Å²) in [6.07, 6.45) is 0. The van der Waals surface area contributed by atoms with E-state index in [1.807, 2.05) is 0 Å². The molecule has 2 N–H and O–H groups in total. The zero-order valence-corrected chi connectivity index (χ0v) is 21.0. The van der Waals surface area contributed by atoms with Crippen LogP contribution >= 0.6 is 24.4 Å². The third-order valence-corrected chi connectivity index (χ3v) is 5.71. The number of ether oxygens (including phenoxy) is 3. The van der Waals surface area contributed by atoms with Crippen LogP contribution in [0.15, 0.2) is 48.5 Å². The second-order valence-electron chi connectivity index (χ2n) is 7.20. The van der Waals surface area contributed by atoms with Gasteiger partial charge in [0.25, 0.3) is 5.91 Å². The molecule has 0 aliphatic carbocycles. The Balaban J connectivity index is 1.86. The van der Waals surface area contributed by atoms with Gasteiger partial charge in [0, 0.05) is 12.1 Å². The quantitative estimate of drug-likeness (QED) is 0.336. The van der Waals surface area contributed by atoms with E-state index in [1.165, 1.54) is 51.7 Å². The Hall–Kier alpha value is -3.63. The number of methoxy groups -OCH3 is 3. The fraction of sp³-hybridized carbons (Fsp3) is 0.167. The number of halogens is 2. The molecular formula is C24H23ClFN3O5S. The number of anilines is 3. The van der Waals surface area contributed by atoms with Crippen LogP contribution < -0.4 is 29.1 Å². The van der Waals surface area contributed by atoms with Crippen molar-refractivity contribution in [1.82, 2.24) is 0 Å². The van der Waals surface area contributed by atoms with Crippen LogP contribution in [0.4, 0.5) is 26.2 Å². The topological polar surface area (TPSA) is 89.1 Å². The number of carbonyl (C=O) groups excluding carboxylic acids is 2. The first-order chi connectivity index (χ1) is 16.7. The van der Waals surface area contributed by atoms with Gasteiger partial charge < -0.3 is 24.8 Å². The standard InChI is InChI=1S/C24H23ClFN3O5S/c1-13-9-17(27-23(30)14-7-5-6-8-16(14)26)21(33-3)11-19(13)29(35)24(31)28-18-10-15(25)20(32-2)12-22(18)34-4/h5-12,35H,1-4H3,(H,27,30)(H,28,31). The Labute approximate surface area is 212 Å². The molecule has 35 heavy (non-hydrogen) atoms. The van der Waals surface area contributed by atoms with Crippen molar-refractivity contribution in [3.63, 3.8) is 0 Å². The second-order valence-corrected chi connectivity index (χ2v) is 8.01. The maximum atomic E-state index is 14.0. The lowest BCUT2D eigenvalue weighted by molar-refractivity contribution is 0.102. The van der Waals surface area contributed by atoms with Gasteiger partial charge in [-0.3, -0.25) is 4.79 Å². The molecule has 0 aromatic heterocycles. The van der Waals surface area contributed by atoms with E-state index in [-0.39, 0.29) is 16.3 Å². The number of hydrogen-bond donors (Lipinski definition) is 3. The van der Waals surface area contributed by atoms with Crippen LogP contribution in [-0.4, -0.2) is 33.3 Å². The average molecular weight is 520 g/mol. The highest BCUT2D eigenvalue weighted by molar-refractivity contribution is 7.82. The highest BCUT2D eigenvalue weighted by Gasteiger charge is 2.21. The summed E-state index contributed by atoms with van der Waals surface area (Å²) in [4.78, 5) is 25.5.